The average molecular weight is 473 g/mol. The number of para-hydroxylation sites is 2. The molecule has 0 amide bonds. The summed E-state index contributed by atoms with van der Waals surface area (Å²) in [7, 11) is 0. The molecule has 0 aromatic heterocycles. The van der Waals surface area contributed by atoms with Gasteiger partial charge in [0.1, 0.15) is 37.4 Å². The summed E-state index contributed by atoms with van der Waals surface area (Å²) in [6.45, 7) is 9.81. The van der Waals surface area contributed by atoms with Crippen molar-refractivity contribution in [3.8, 4) is 11.5 Å². The highest BCUT2D eigenvalue weighted by atomic mass is 16.6. The fourth-order valence-electron chi connectivity index (χ4n) is 2.13. The first kappa shape index (κ1) is 28.4. The van der Waals surface area contributed by atoms with Crippen LogP contribution in [0.15, 0.2) is 85.0 Å². The Morgan fingerprint density at radius 1 is 0.794 bits per heavy atom. The predicted molar refractivity (Wildman–Crippen MR) is 127 cm³/mol. The normalized spacial score (nSPS) is 11.6. The Bertz CT molecular complexity index is 896. The number of ether oxygens (including phenoxy) is 4. The van der Waals surface area contributed by atoms with Gasteiger partial charge in [-0.05, 0) is 38.1 Å². The van der Waals surface area contributed by atoms with Crippen molar-refractivity contribution in [1.82, 2.24) is 0 Å². The van der Waals surface area contributed by atoms with Crippen molar-refractivity contribution in [1.29, 1.82) is 0 Å². The van der Waals surface area contributed by atoms with Crippen molar-refractivity contribution in [2.75, 3.05) is 26.4 Å². The Morgan fingerprint density at radius 2 is 1.26 bits per heavy atom. The summed E-state index contributed by atoms with van der Waals surface area (Å²) in [5, 5.41) is 18.6. The zero-order valence-electron chi connectivity index (χ0n) is 19.5. The van der Waals surface area contributed by atoms with Gasteiger partial charge >= 0.3 is 11.9 Å². The molecule has 0 saturated carbocycles. The Labute approximate surface area is 200 Å². The molecule has 2 atom stereocenters. The van der Waals surface area contributed by atoms with Crippen LogP contribution in [-0.4, -0.2) is 60.8 Å². The monoisotopic (exact) mass is 472 g/mol. The van der Waals surface area contributed by atoms with Gasteiger partial charge in [-0.2, -0.15) is 0 Å². The van der Waals surface area contributed by atoms with Crippen LogP contribution in [-0.2, 0) is 19.1 Å². The first-order valence-corrected chi connectivity index (χ1v) is 10.6. The maximum Gasteiger partial charge on any atom is 0.333 e. The molecule has 184 valence electrons. The molecule has 0 aliphatic rings. The van der Waals surface area contributed by atoms with Crippen molar-refractivity contribution in [2.45, 2.75) is 26.1 Å². The van der Waals surface area contributed by atoms with Crippen LogP contribution in [0, 0.1) is 0 Å². The summed E-state index contributed by atoms with van der Waals surface area (Å²) in [5.41, 5.74) is 0.601. The van der Waals surface area contributed by atoms with Gasteiger partial charge in [0.25, 0.3) is 0 Å². The van der Waals surface area contributed by atoms with Crippen LogP contribution in [0.5, 0.6) is 11.5 Å². The number of hydrogen-bond donors (Lipinski definition) is 2. The fourth-order valence-corrected chi connectivity index (χ4v) is 2.13. The van der Waals surface area contributed by atoms with Crippen molar-refractivity contribution in [2.24, 2.45) is 0 Å². The lowest BCUT2D eigenvalue weighted by atomic mass is 10.3. The topological polar surface area (TPSA) is 112 Å². The Balaban J connectivity index is 0.000000340. The lowest BCUT2D eigenvalue weighted by Gasteiger charge is -2.16. The summed E-state index contributed by atoms with van der Waals surface area (Å²) >= 11 is 0. The summed E-state index contributed by atoms with van der Waals surface area (Å²) in [6.07, 6.45) is -1.53. The molecular weight excluding hydrogens is 440 g/mol. The van der Waals surface area contributed by atoms with Gasteiger partial charge in [0.05, 0.1) is 6.61 Å². The van der Waals surface area contributed by atoms with Crippen molar-refractivity contribution >= 4 is 11.9 Å². The van der Waals surface area contributed by atoms with Crippen LogP contribution in [0.25, 0.3) is 0 Å². The molecule has 8 nitrogen and oxygen atoms in total. The standard InChI is InChI=1S/2C13H16O4/c1-10(2)13(15)17-9-11(14)8-16-12-6-4-3-5-7-12;1-10(2)13(15)17-12(8-14)9-16-11-6-4-3-5-7-11/h3-7,11,14H,1,8-9H2,2H3;3-7,12,14H,1,8-9H2,2H3. The molecule has 8 heteroatoms. The van der Waals surface area contributed by atoms with E-state index in [0.29, 0.717) is 22.6 Å². The number of aliphatic hydroxyl groups is 2. The van der Waals surface area contributed by atoms with Crippen molar-refractivity contribution in [3.05, 3.63) is 85.0 Å². The number of esters is 2. The number of aliphatic hydroxyl groups excluding tert-OH is 2. The van der Waals surface area contributed by atoms with E-state index >= 15 is 0 Å². The maximum atomic E-state index is 11.2. The minimum Gasteiger partial charge on any atom is -0.491 e. The minimum absolute atomic E-state index is 0.0769. The van der Waals surface area contributed by atoms with Gasteiger partial charge < -0.3 is 29.2 Å². The molecule has 0 saturated heterocycles. The van der Waals surface area contributed by atoms with Gasteiger partial charge in [0.2, 0.25) is 0 Å². The molecule has 0 radical (unpaired) electrons. The molecule has 2 N–H and O–H groups in total. The third-order valence-electron chi connectivity index (χ3n) is 3.95. The number of carbonyl (C=O) groups excluding carboxylic acids is 2. The van der Waals surface area contributed by atoms with Crippen LogP contribution in [0.1, 0.15) is 13.8 Å². The van der Waals surface area contributed by atoms with E-state index < -0.39 is 24.1 Å². The van der Waals surface area contributed by atoms with E-state index in [1.807, 2.05) is 36.4 Å². The van der Waals surface area contributed by atoms with Crippen LogP contribution in [0.3, 0.4) is 0 Å². The largest absolute Gasteiger partial charge is 0.491 e. The molecule has 2 unspecified atom stereocenters. The third kappa shape index (κ3) is 12.4. The summed E-state index contributed by atoms with van der Waals surface area (Å²) < 4.78 is 20.4. The Hall–Kier alpha value is -3.62. The molecule has 0 bridgehead atoms. The SMILES string of the molecule is C=C(C)C(=O)OC(CO)COc1ccccc1.C=C(C)C(=O)OCC(O)COc1ccccc1. The van der Waals surface area contributed by atoms with E-state index in [4.69, 9.17) is 24.1 Å². The second-order valence-electron chi connectivity index (χ2n) is 7.27. The quantitative estimate of drug-likeness (QED) is 0.358. The molecule has 2 aromatic carbocycles. The van der Waals surface area contributed by atoms with Gasteiger partial charge in [-0.1, -0.05) is 49.6 Å². The Kier molecular flexibility index (Phi) is 13.4. The second-order valence-corrected chi connectivity index (χ2v) is 7.27. The molecule has 0 aliphatic heterocycles. The van der Waals surface area contributed by atoms with Crippen LogP contribution in [0.2, 0.25) is 0 Å². The summed E-state index contributed by atoms with van der Waals surface area (Å²) in [4.78, 5) is 22.3. The predicted octanol–water partition coefficient (Wildman–Crippen LogP) is 3.09. The van der Waals surface area contributed by atoms with Gasteiger partial charge in [-0.3, -0.25) is 0 Å². The zero-order valence-corrected chi connectivity index (χ0v) is 19.5. The highest BCUT2D eigenvalue weighted by Gasteiger charge is 2.14. The molecule has 2 rings (SSSR count). The first-order valence-electron chi connectivity index (χ1n) is 10.6. The summed E-state index contributed by atoms with van der Waals surface area (Å²) in [6, 6.07) is 18.2. The molecule has 0 fully saturated rings. The van der Waals surface area contributed by atoms with Gasteiger partial charge in [-0.25, -0.2) is 9.59 Å². The van der Waals surface area contributed by atoms with Gasteiger partial charge in [-0.15, -0.1) is 0 Å². The fraction of sp³-hybridized carbons (Fsp3) is 0.308. The Morgan fingerprint density at radius 3 is 1.71 bits per heavy atom. The number of rotatable bonds is 12. The second kappa shape index (κ2) is 16.1. The van der Waals surface area contributed by atoms with E-state index in [2.05, 4.69) is 13.2 Å². The van der Waals surface area contributed by atoms with E-state index in [-0.39, 0.29) is 26.4 Å². The molecule has 0 heterocycles. The van der Waals surface area contributed by atoms with E-state index in [1.54, 1.807) is 38.1 Å². The highest BCUT2D eigenvalue weighted by molar-refractivity contribution is 5.87. The lowest BCUT2D eigenvalue weighted by molar-refractivity contribution is -0.148. The third-order valence-corrected chi connectivity index (χ3v) is 3.95. The molecular formula is C26H32O8. The number of hydrogen-bond acceptors (Lipinski definition) is 8. The van der Waals surface area contributed by atoms with E-state index in [9.17, 15) is 14.7 Å². The molecule has 2 aromatic rings. The van der Waals surface area contributed by atoms with Crippen LogP contribution < -0.4 is 9.47 Å². The van der Waals surface area contributed by atoms with Crippen LogP contribution >= 0.6 is 0 Å². The summed E-state index contributed by atoms with van der Waals surface area (Å²) in [5.74, 6) is 0.291. The van der Waals surface area contributed by atoms with E-state index in [1.165, 1.54) is 0 Å². The maximum absolute atomic E-state index is 11.2. The number of carbonyl (C=O) groups is 2. The van der Waals surface area contributed by atoms with Crippen molar-refractivity contribution < 1.29 is 38.7 Å². The minimum atomic E-state index is -0.849. The van der Waals surface area contributed by atoms with Crippen molar-refractivity contribution in [3.63, 3.8) is 0 Å². The molecule has 0 spiro atoms. The molecule has 0 aliphatic carbocycles. The smallest absolute Gasteiger partial charge is 0.333 e. The highest BCUT2D eigenvalue weighted by Crippen LogP contribution is 2.10. The average Bonchev–Trinajstić information content (AvgIpc) is 2.85. The van der Waals surface area contributed by atoms with E-state index in [0.717, 1.165) is 0 Å². The van der Waals surface area contributed by atoms with Gasteiger partial charge in [0, 0.05) is 11.1 Å². The van der Waals surface area contributed by atoms with Crippen LogP contribution in [0.4, 0.5) is 0 Å². The van der Waals surface area contributed by atoms with Gasteiger partial charge in [0.15, 0.2) is 6.10 Å². The molecule has 34 heavy (non-hydrogen) atoms. The number of benzene rings is 2. The zero-order chi connectivity index (χ0) is 25.3. The lowest BCUT2D eigenvalue weighted by Crippen LogP contribution is -2.28. The first-order chi connectivity index (χ1) is 16.2.